The highest BCUT2D eigenvalue weighted by Gasteiger charge is 2.24. The molecule has 0 atom stereocenters. The second-order valence-corrected chi connectivity index (χ2v) is 25.9. The molecule has 0 spiro atoms. The van der Waals surface area contributed by atoms with Gasteiger partial charge in [0, 0.05) is 98.9 Å². The molecule has 0 bridgehead atoms. The van der Waals surface area contributed by atoms with E-state index in [1.165, 1.54) is 0 Å². The molecule has 0 aliphatic carbocycles. The number of rotatable bonds is 25. The maximum absolute atomic E-state index is 5.61. The molecular weight excluding hydrogens is 1310 g/mol. The standard InChI is InChI=1S/C88H74N4O8S2/c1-93-75-41-25-67(26-42-75)89(68-27-43-76(94-2)44-28-68)63-17-9-59(10-18-63)83-57-85(101-87(83)61-13-21-65(22-14-61)91(71-33-49-79(97-5)50-34-71)72-35-51-80(98-6)52-36-72)86-58-84(60-11-19-64(20-12-60)90(69-29-45-77(95-3)46-30-69)70-31-47-78(96-4)48-32-70)88(102-86)62-15-23-66(24-16-62)92(73-37-53-81(99-7)54-38-73)74-39-55-82(100-8)56-40-74/h9-58H,1-8H3. The van der Waals surface area contributed by atoms with Crippen molar-refractivity contribution in [1.82, 2.24) is 0 Å². The zero-order valence-electron chi connectivity index (χ0n) is 57.7. The van der Waals surface area contributed by atoms with Crippen LogP contribution in [0.15, 0.2) is 303 Å². The predicted molar refractivity (Wildman–Crippen MR) is 421 cm³/mol. The monoisotopic (exact) mass is 1380 g/mol. The molecule has 14 heteroatoms. The Kier molecular flexibility index (Phi) is 19.9. The number of nitrogens with zero attached hydrogens (tertiary/aromatic N) is 4. The molecule has 0 amide bonds. The maximum atomic E-state index is 5.61. The van der Waals surface area contributed by atoms with Crippen molar-refractivity contribution in [3.05, 3.63) is 303 Å². The van der Waals surface area contributed by atoms with Gasteiger partial charge in [0.1, 0.15) is 46.0 Å². The van der Waals surface area contributed by atoms with Gasteiger partial charge in [-0.3, -0.25) is 0 Å². The summed E-state index contributed by atoms with van der Waals surface area (Å²) in [5.74, 6) is 6.25. The van der Waals surface area contributed by atoms with Crippen molar-refractivity contribution in [1.29, 1.82) is 0 Å². The van der Waals surface area contributed by atoms with E-state index in [9.17, 15) is 0 Å². The van der Waals surface area contributed by atoms with Crippen molar-refractivity contribution in [2.24, 2.45) is 0 Å². The van der Waals surface area contributed by atoms with E-state index in [0.29, 0.717) is 0 Å². The van der Waals surface area contributed by atoms with Crippen molar-refractivity contribution in [2.75, 3.05) is 76.5 Å². The highest BCUT2D eigenvalue weighted by molar-refractivity contribution is 7.26. The highest BCUT2D eigenvalue weighted by Crippen LogP contribution is 2.52. The quantitative estimate of drug-likeness (QED) is 0.0546. The van der Waals surface area contributed by atoms with Gasteiger partial charge in [-0.25, -0.2) is 0 Å². The van der Waals surface area contributed by atoms with Gasteiger partial charge in [0.25, 0.3) is 0 Å². The van der Waals surface area contributed by atoms with Crippen molar-refractivity contribution in [2.45, 2.75) is 0 Å². The molecule has 0 saturated heterocycles. The fraction of sp³-hybridized carbons (Fsp3) is 0.0909. The molecule has 0 unspecified atom stereocenters. The number of ether oxygens (including phenoxy) is 8. The number of anilines is 12. The summed E-state index contributed by atoms with van der Waals surface area (Å²) in [6.07, 6.45) is 0. The third kappa shape index (κ3) is 14.1. The van der Waals surface area contributed by atoms with Gasteiger partial charge >= 0.3 is 0 Å². The molecular formula is C88H74N4O8S2. The fourth-order valence-electron chi connectivity index (χ4n) is 12.6. The molecule has 2 heterocycles. The molecule has 12 aromatic carbocycles. The SMILES string of the molecule is COc1ccc(N(c2ccc(OC)cc2)c2ccc(-c3cc(-c4cc(-c5ccc(N(c6ccc(OC)cc6)c6ccc(OC)cc6)cc5)c(-c5ccc(N(c6ccc(OC)cc6)c6ccc(OC)cc6)cc5)s4)sc3-c3ccc(N(c4ccc(OC)cc4)c4ccc(OC)cc4)cc3)cc2)cc1. The maximum Gasteiger partial charge on any atom is 0.119 e. The van der Waals surface area contributed by atoms with Gasteiger partial charge in [-0.2, -0.15) is 0 Å². The molecule has 14 aromatic rings. The van der Waals surface area contributed by atoms with Crippen LogP contribution in [0.4, 0.5) is 68.2 Å². The van der Waals surface area contributed by atoms with Gasteiger partial charge in [0.2, 0.25) is 0 Å². The second kappa shape index (κ2) is 30.4. The molecule has 14 rings (SSSR count). The van der Waals surface area contributed by atoms with Gasteiger partial charge in [-0.1, -0.05) is 48.5 Å². The summed E-state index contributed by atoms with van der Waals surface area (Å²) in [6, 6.07) is 106. The van der Waals surface area contributed by atoms with Crippen LogP contribution >= 0.6 is 22.7 Å². The van der Waals surface area contributed by atoms with Crippen molar-refractivity contribution < 1.29 is 37.9 Å². The summed E-state index contributed by atoms with van der Waals surface area (Å²) < 4.78 is 44.9. The summed E-state index contributed by atoms with van der Waals surface area (Å²) in [7, 11) is 13.5. The molecule has 506 valence electrons. The molecule has 0 radical (unpaired) electrons. The Morgan fingerprint density at radius 2 is 0.314 bits per heavy atom. The summed E-state index contributed by atoms with van der Waals surface area (Å²) in [5, 5.41) is 0. The van der Waals surface area contributed by atoms with Gasteiger partial charge in [0.15, 0.2) is 0 Å². The Hall–Kier alpha value is -12.4. The number of hydrogen-bond donors (Lipinski definition) is 0. The first-order valence-electron chi connectivity index (χ1n) is 33.2. The average Bonchev–Trinajstić information content (AvgIpc) is 1.56. The smallest absolute Gasteiger partial charge is 0.119 e. The van der Waals surface area contributed by atoms with E-state index in [4.69, 9.17) is 37.9 Å². The molecule has 0 aliphatic heterocycles. The van der Waals surface area contributed by atoms with Crippen molar-refractivity contribution in [3.8, 4) is 98.9 Å². The normalized spacial score (nSPS) is 10.9. The molecule has 102 heavy (non-hydrogen) atoms. The first kappa shape index (κ1) is 66.9. The van der Waals surface area contributed by atoms with Crippen molar-refractivity contribution >= 4 is 90.9 Å². The largest absolute Gasteiger partial charge is 0.497 e. The highest BCUT2D eigenvalue weighted by atomic mass is 32.1. The Morgan fingerprint density at radius 1 is 0.176 bits per heavy atom. The number of hydrogen-bond acceptors (Lipinski definition) is 14. The van der Waals surface area contributed by atoms with Crippen LogP contribution in [-0.2, 0) is 0 Å². The summed E-state index contributed by atoms with van der Waals surface area (Å²) in [4.78, 5) is 13.5. The molecule has 0 saturated carbocycles. The minimum absolute atomic E-state index is 0.781. The fourth-order valence-corrected chi connectivity index (χ4v) is 15.1. The van der Waals surface area contributed by atoms with Crippen LogP contribution in [0.3, 0.4) is 0 Å². The zero-order chi connectivity index (χ0) is 70.1. The van der Waals surface area contributed by atoms with Crippen LogP contribution in [0.1, 0.15) is 0 Å². The first-order valence-corrected chi connectivity index (χ1v) is 34.8. The number of thiophene rings is 2. The van der Waals surface area contributed by atoms with Crippen molar-refractivity contribution in [3.63, 3.8) is 0 Å². The minimum Gasteiger partial charge on any atom is -0.497 e. The second-order valence-electron chi connectivity index (χ2n) is 23.8. The van der Waals surface area contributed by atoms with Crippen LogP contribution in [0.2, 0.25) is 0 Å². The Morgan fingerprint density at radius 3 is 0.461 bits per heavy atom. The van der Waals surface area contributed by atoms with Gasteiger partial charge in [-0.15, -0.1) is 22.7 Å². The van der Waals surface area contributed by atoms with E-state index in [2.05, 4.69) is 226 Å². The van der Waals surface area contributed by atoms with Crippen LogP contribution in [0.25, 0.3) is 52.9 Å². The van der Waals surface area contributed by atoms with E-state index in [0.717, 1.165) is 167 Å². The third-order valence-corrected chi connectivity index (χ3v) is 20.6. The van der Waals surface area contributed by atoms with E-state index >= 15 is 0 Å². The van der Waals surface area contributed by atoms with E-state index < -0.39 is 0 Å². The predicted octanol–water partition coefficient (Wildman–Crippen LogP) is 24.1. The Labute approximate surface area is 603 Å². The molecule has 0 N–H and O–H groups in total. The third-order valence-electron chi connectivity index (χ3n) is 18.0. The Bertz CT molecular complexity index is 4240. The number of benzene rings is 12. The molecule has 0 fully saturated rings. The lowest BCUT2D eigenvalue weighted by Crippen LogP contribution is -2.09. The van der Waals surface area contributed by atoms with E-state index in [1.54, 1.807) is 79.6 Å². The van der Waals surface area contributed by atoms with Crippen LogP contribution in [0.5, 0.6) is 46.0 Å². The zero-order valence-corrected chi connectivity index (χ0v) is 59.4. The summed E-state index contributed by atoms with van der Waals surface area (Å²) in [6.45, 7) is 0. The molecule has 12 nitrogen and oxygen atoms in total. The van der Waals surface area contributed by atoms with Gasteiger partial charge in [0.05, 0.1) is 56.9 Å². The van der Waals surface area contributed by atoms with Gasteiger partial charge in [-0.05, 0) is 277 Å². The van der Waals surface area contributed by atoms with Crippen LogP contribution in [-0.4, -0.2) is 56.9 Å². The summed E-state index contributed by atoms with van der Waals surface area (Å²) in [5.41, 5.74) is 18.4. The average molecular weight is 1380 g/mol. The first-order chi connectivity index (χ1) is 50.1. The van der Waals surface area contributed by atoms with E-state index in [1.807, 2.05) is 97.1 Å². The van der Waals surface area contributed by atoms with E-state index in [-0.39, 0.29) is 0 Å². The lowest BCUT2D eigenvalue weighted by atomic mass is 10.00. The van der Waals surface area contributed by atoms with Crippen LogP contribution in [0, 0.1) is 0 Å². The summed E-state index contributed by atoms with van der Waals surface area (Å²) >= 11 is 3.60. The topological polar surface area (TPSA) is 86.8 Å². The Balaban J connectivity index is 0.914. The molecule has 0 aliphatic rings. The number of methoxy groups -OCH3 is 8. The van der Waals surface area contributed by atoms with Gasteiger partial charge < -0.3 is 57.5 Å². The lowest BCUT2D eigenvalue weighted by molar-refractivity contribution is 0.414. The lowest BCUT2D eigenvalue weighted by Gasteiger charge is -2.26. The van der Waals surface area contributed by atoms with Crippen LogP contribution < -0.4 is 57.5 Å². The molecule has 2 aromatic heterocycles. The minimum atomic E-state index is 0.781.